The molecule has 0 radical (unpaired) electrons. The maximum atomic E-state index is 6.20. The molecule has 6 heteroatoms. The summed E-state index contributed by atoms with van der Waals surface area (Å²) in [6.07, 6.45) is 4.04. The Hall–Kier alpha value is -1.07. The lowest BCUT2D eigenvalue weighted by molar-refractivity contribution is 0.284. The minimum atomic E-state index is 0.620. The smallest absolute Gasteiger partial charge is 0.224 e. The van der Waals surface area contributed by atoms with Gasteiger partial charge in [-0.2, -0.15) is 4.98 Å². The van der Waals surface area contributed by atoms with Crippen molar-refractivity contribution in [1.82, 2.24) is 14.9 Å². The van der Waals surface area contributed by atoms with E-state index in [9.17, 15) is 0 Å². The molecule has 2 rings (SSSR count). The molecule has 5 nitrogen and oxygen atoms in total. The highest BCUT2D eigenvalue weighted by molar-refractivity contribution is 6.32. The van der Waals surface area contributed by atoms with E-state index in [2.05, 4.69) is 39.2 Å². The Morgan fingerprint density at radius 1 is 1.42 bits per heavy atom. The van der Waals surface area contributed by atoms with Crippen molar-refractivity contribution >= 4 is 23.4 Å². The molecule has 2 heterocycles. The van der Waals surface area contributed by atoms with E-state index < -0.39 is 0 Å². The van der Waals surface area contributed by atoms with Crippen LogP contribution in [-0.2, 0) is 0 Å². The third kappa shape index (κ3) is 3.70. The normalized spacial score (nSPS) is 17.0. The minimum Gasteiger partial charge on any atom is -0.357 e. The van der Waals surface area contributed by atoms with Gasteiger partial charge < -0.3 is 15.1 Å². The van der Waals surface area contributed by atoms with Crippen molar-refractivity contribution in [2.75, 3.05) is 51.0 Å². The van der Waals surface area contributed by atoms with Crippen molar-refractivity contribution in [3.05, 3.63) is 11.2 Å². The lowest BCUT2D eigenvalue weighted by Gasteiger charge is -2.34. The highest BCUT2D eigenvalue weighted by Gasteiger charge is 2.22. The van der Waals surface area contributed by atoms with Crippen LogP contribution in [0.5, 0.6) is 0 Å². The summed E-state index contributed by atoms with van der Waals surface area (Å²) in [5.41, 5.74) is 0. The number of nitrogens with zero attached hydrogens (tertiary/aromatic N) is 4. The van der Waals surface area contributed by atoms with Crippen LogP contribution in [0, 0.1) is 5.92 Å². The van der Waals surface area contributed by atoms with Crippen LogP contribution < -0.4 is 10.2 Å². The zero-order chi connectivity index (χ0) is 13.8. The van der Waals surface area contributed by atoms with Gasteiger partial charge in [0.2, 0.25) is 5.95 Å². The Morgan fingerprint density at radius 3 is 2.68 bits per heavy atom. The van der Waals surface area contributed by atoms with Crippen LogP contribution in [0.25, 0.3) is 0 Å². The monoisotopic (exact) mass is 283 g/mol. The Bertz CT molecular complexity index is 415. The first-order valence-corrected chi connectivity index (χ1v) is 7.08. The first-order valence-electron chi connectivity index (χ1n) is 6.70. The summed E-state index contributed by atoms with van der Waals surface area (Å²) in [4.78, 5) is 13.1. The first-order chi connectivity index (χ1) is 9.10. The van der Waals surface area contributed by atoms with Crippen LogP contribution in [0.1, 0.15) is 12.8 Å². The standard InChI is InChI=1S/C13H22ClN5/c1-15-13-16-8-11(14)12(17-13)19-6-4-10(5-7-19)9-18(2)3/h8,10H,4-7,9H2,1-3H3,(H,15,16,17). The molecule has 0 amide bonds. The summed E-state index contributed by atoms with van der Waals surface area (Å²) >= 11 is 6.20. The second kappa shape index (κ2) is 6.39. The molecule has 19 heavy (non-hydrogen) atoms. The van der Waals surface area contributed by atoms with Crippen molar-refractivity contribution in [2.24, 2.45) is 5.92 Å². The van der Waals surface area contributed by atoms with Gasteiger partial charge in [0.1, 0.15) is 5.02 Å². The molecular formula is C13H22ClN5. The van der Waals surface area contributed by atoms with Crippen molar-refractivity contribution in [3.8, 4) is 0 Å². The Morgan fingerprint density at radius 2 is 2.11 bits per heavy atom. The van der Waals surface area contributed by atoms with Gasteiger partial charge in [-0.1, -0.05) is 11.6 Å². The van der Waals surface area contributed by atoms with Gasteiger partial charge in [0.05, 0.1) is 6.20 Å². The number of piperidine rings is 1. The summed E-state index contributed by atoms with van der Waals surface area (Å²) in [6, 6.07) is 0. The van der Waals surface area contributed by atoms with Crippen LogP contribution in [0.2, 0.25) is 5.02 Å². The average molecular weight is 284 g/mol. The minimum absolute atomic E-state index is 0.620. The van der Waals surface area contributed by atoms with Crippen molar-refractivity contribution in [3.63, 3.8) is 0 Å². The van der Waals surface area contributed by atoms with Gasteiger partial charge in [0.25, 0.3) is 0 Å². The predicted molar refractivity (Wildman–Crippen MR) is 80.1 cm³/mol. The Kier molecular flexibility index (Phi) is 4.82. The molecule has 1 aliphatic heterocycles. The van der Waals surface area contributed by atoms with Crippen LogP contribution >= 0.6 is 11.6 Å². The van der Waals surface area contributed by atoms with Crippen LogP contribution in [0.3, 0.4) is 0 Å². The number of rotatable bonds is 4. The molecular weight excluding hydrogens is 262 g/mol. The fraction of sp³-hybridized carbons (Fsp3) is 0.692. The molecule has 1 aromatic rings. The molecule has 1 aliphatic rings. The molecule has 0 unspecified atom stereocenters. The van der Waals surface area contributed by atoms with Gasteiger partial charge in [-0.05, 0) is 32.9 Å². The largest absolute Gasteiger partial charge is 0.357 e. The molecule has 1 aromatic heterocycles. The van der Waals surface area contributed by atoms with E-state index in [0.29, 0.717) is 11.0 Å². The van der Waals surface area contributed by atoms with E-state index in [-0.39, 0.29) is 0 Å². The van der Waals surface area contributed by atoms with Crippen molar-refractivity contribution < 1.29 is 0 Å². The molecule has 0 spiro atoms. The average Bonchev–Trinajstić information content (AvgIpc) is 2.40. The number of hydrogen-bond acceptors (Lipinski definition) is 5. The number of aromatic nitrogens is 2. The lowest BCUT2D eigenvalue weighted by atomic mass is 9.96. The molecule has 1 saturated heterocycles. The number of halogens is 1. The SMILES string of the molecule is CNc1ncc(Cl)c(N2CCC(CN(C)C)CC2)n1. The van der Waals surface area contributed by atoms with Gasteiger partial charge in [-0.25, -0.2) is 4.98 Å². The van der Waals surface area contributed by atoms with Gasteiger partial charge >= 0.3 is 0 Å². The zero-order valence-corrected chi connectivity index (χ0v) is 12.6. The van der Waals surface area contributed by atoms with Crippen LogP contribution in [0.4, 0.5) is 11.8 Å². The summed E-state index contributed by atoms with van der Waals surface area (Å²) in [5.74, 6) is 2.25. The Labute approximate surface area is 120 Å². The van der Waals surface area contributed by atoms with E-state index in [1.165, 1.54) is 12.8 Å². The van der Waals surface area contributed by atoms with E-state index in [4.69, 9.17) is 11.6 Å². The quantitative estimate of drug-likeness (QED) is 0.915. The van der Waals surface area contributed by atoms with Crippen molar-refractivity contribution in [1.29, 1.82) is 0 Å². The topological polar surface area (TPSA) is 44.3 Å². The number of hydrogen-bond donors (Lipinski definition) is 1. The highest BCUT2D eigenvalue weighted by Crippen LogP contribution is 2.28. The fourth-order valence-electron chi connectivity index (χ4n) is 2.54. The predicted octanol–water partition coefficient (Wildman–Crippen LogP) is 1.95. The molecule has 106 valence electrons. The van der Waals surface area contributed by atoms with Crippen molar-refractivity contribution in [2.45, 2.75) is 12.8 Å². The second-order valence-electron chi connectivity index (χ2n) is 5.31. The van der Waals surface area contributed by atoms with E-state index in [1.54, 1.807) is 6.20 Å². The maximum absolute atomic E-state index is 6.20. The third-order valence-corrected chi connectivity index (χ3v) is 3.75. The second-order valence-corrected chi connectivity index (χ2v) is 5.72. The summed E-state index contributed by atoms with van der Waals surface area (Å²) in [7, 11) is 6.08. The third-order valence-electron chi connectivity index (χ3n) is 3.49. The molecule has 0 aliphatic carbocycles. The van der Waals surface area contributed by atoms with E-state index in [0.717, 1.165) is 31.4 Å². The molecule has 1 fully saturated rings. The van der Waals surface area contributed by atoms with Gasteiger partial charge in [0.15, 0.2) is 5.82 Å². The molecule has 1 N–H and O–H groups in total. The van der Waals surface area contributed by atoms with Crippen LogP contribution in [-0.4, -0.2) is 55.6 Å². The van der Waals surface area contributed by atoms with Gasteiger partial charge in [-0.15, -0.1) is 0 Å². The zero-order valence-electron chi connectivity index (χ0n) is 11.9. The fourth-order valence-corrected chi connectivity index (χ4v) is 2.75. The van der Waals surface area contributed by atoms with Crippen LogP contribution in [0.15, 0.2) is 6.20 Å². The highest BCUT2D eigenvalue weighted by atomic mass is 35.5. The van der Waals surface area contributed by atoms with E-state index in [1.807, 2.05) is 7.05 Å². The molecule has 0 atom stereocenters. The summed E-state index contributed by atoms with van der Waals surface area (Å²) in [5, 5.41) is 3.58. The maximum Gasteiger partial charge on any atom is 0.224 e. The summed E-state index contributed by atoms with van der Waals surface area (Å²) < 4.78 is 0. The van der Waals surface area contributed by atoms with Gasteiger partial charge in [0, 0.05) is 26.7 Å². The first kappa shape index (κ1) is 14.3. The molecule has 0 bridgehead atoms. The Balaban J connectivity index is 2.01. The lowest BCUT2D eigenvalue weighted by Crippen LogP contribution is -2.37. The van der Waals surface area contributed by atoms with Gasteiger partial charge in [-0.3, -0.25) is 0 Å². The van der Waals surface area contributed by atoms with E-state index >= 15 is 0 Å². The number of anilines is 2. The molecule has 0 aromatic carbocycles. The summed E-state index contributed by atoms with van der Waals surface area (Å²) in [6.45, 7) is 3.18. The number of nitrogens with one attached hydrogen (secondary N) is 1. The molecule has 0 saturated carbocycles.